The van der Waals surface area contributed by atoms with Gasteiger partial charge in [-0.05, 0) is 64.3 Å². The van der Waals surface area contributed by atoms with Crippen LogP contribution in [0.15, 0.2) is 18.2 Å². The van der Waals surface area contributed by atoms with Crippen LogP contribution in [-0.4, -0.2) is 47.4 Å². The molecule has 0 aliphatic heterocycles. The van der Waals surface area contributed by atoms with E-state index in [1.165, 1.54) is 12.1 Å². The van der Waals surface area contributed by atoms with Gasteiger partial charge in [0.05, 0.1) is 10.6 Å². The molecule has 0 saturated carbocycles. The highest BCUT2D eigenvalue weighted by molar-refractivity contribution is 7.98. The Labute approximate surface area is 180 Å². The topological polar surface area (TPSA) is 87.3 Å². The number of nitrogens with one attached hydrogen (secondary N) is 3. The zero-order valence-corrected chi connectivity index (χ0v) is 19.0. The molecule has 0 radical (unpaired) electrons. The minimum Gasteiger partial charge on any atom is -0.350 e. The second-order valence-electron chi connectivity index (χ2n) is 7.40. The average Bonchev–Trinajstić information content (AvgIpc) is 2.56. The molecule has 0 aromatic heterocycles. The molecule has 2 unspecified atom stereocenters. The Bertz CT molecular complexity index is 723. The third-order valence-electron chi connectivity index (χ3n) is 3.66. The lowest BCUT2D eigenvalue weighted by molar-refractivity contribution is -0.130. The molecular formula is C19H27Cl2N3O3S. The summed E-state index contributed by atoms with van der Waals surface area (Å²) in [5.74, 6) is -0.537. The van der Waals surface area contributed by atoms with Crippen LogP contribution in [-0.2, 0) is 9.59 Å². The number of halogens is 2. The van der Waals surface area contributed by atoms with Crippen molar-refractivity contribution in [1.29, 1.82) is 0 Å². The molecule has 28 heavy (non-hydrogen) atoms. The van der Waals surface area contributed by atoms with Gasteiger partial charge < -0.3 is 16.0 Å². The van der Waals surface area contributed by atoms with Crippen molar-refractivity contribution in [3.8, 4) is 0 Å². The molecule has 156 valence electrons. The third kappa shape index (κ3) is 8.29. The molecular weight excluding hydrogens is 421 g/mol. The molecule has 0 fully saturated rings. The largest absolute Gasteiger partial charge is 0.350 e. The highest BCUT2D eigenvalue weighted by Crippen LogP contribution is 2.21. The fourth-order valence-electron chi connectivity index (χ4n) is 2.27. The lowest BCUT2D eigenvalue weighted by atomic mass is 10.1. The molecule has 1 aromatic carbocycles. The molecule has 9 heteroatoms. The highest BCUT2D eigenvalue weighted by atomic mass is 35.5. The van der Waals surface area contributed by atoms with Crippen molar-refractivity contribution in [3.63, 3.8) is 0 Å². The maximum absolute atomic E-state index is 12.7. The number of carbonyl (C=O) groups is 3. The van der Waals surface area contributed by atoms with Gasteiger partial charge in [0.1, 0.15) is 12.1 Å². The van der Waals surface area contributed by atoms with Crippen molar-refractivity contribution in [1.82, 2.24) is 16.0 Å². The van der Waals surface area contributed by atoms with Gasteiger partial charge in [-0.15, -0.1) is 0 Å². The molecule has 0 heterocycles. The van der Waals surface area contributed by atoms with E-state index in [2.05, 4.69) is 16.0 Å². The van der Waals surface area contributed by atoms with Crippen molar-refractivity contribution in [2.24, 2.45) is 0 Å². The van der Waals surface area contributed by atoms with E-state index in [9.17, 15) is 14.4 Å². The van der Waals surface area contributed by atoms with Gasteiger partial charge in [-0.2, -0.15) is 11.8 Å². The molecule has 0 bridgehead atoms. The summed E-state index contributed by atoms with van der Waals surface area (Å²) in [6.45, 7) is 7.17. The first kappa shape index (κ1) is 24.6. The van der Waals surface area contributed by atoms with E-state index in [-0.39, 0.29) is 16.5 Å². The van der Waals surface area contributed by atoms with E-state index in [4.69, 9.17) is 23.2 Å². The maximum atomic E-state index is 12.7. The van der Waals surface area contributed by atoms with Gasteiger partial charge in [0.15, 0.2) is 0 Å². The Morgan fingerprint density at radius 2 is 1.75 bits per heavy atom. The van der Waals surface area contributed by atoms with Crippen LogP contribution in [0.5, 0.6) is 0 Å². The molecule has 0 spiro atoms. The molecule has 0 aliphatic rings. The van der Waals surface area contributed by atoms with Crippen LogP contribution in [0, 0.1) is 0 Å². The van der Waals surface area contributed by atoms with Crippen LogP contribution in [0.3, 0.4) is 0 Å². The lowest BCUT2D eigenvalue weighted by Gasteiger charge is -2.25. The van der Waals surface area contributed by atoms with Gasteiger partial charge in [-0.25, -0.2) is 0 Å². The molecule has 2 atom stereocenters. The Morgan fingerprint density at radius 1 is 1.11 bits per heavy atom. The number of amides is 3. The monoisotopic (exact) mass is 447 g/mol. The molecule has 0 aliphatic carbocycles. The summed E-state index contributed by atoms with van der Waals surface area (Å²) < 4.78 is 0. The molecule has 0 saturated heterocycles. The standard InChI is InChI=1S/C19H27Cl2N3O3S/c1-11(16(25)24-19(2,3)4)22-18(27)15(8-9-28-5)23-17(26)13-7-6-12(20)10-14(13)21/h6-7,10-11,15H,8-9H2,1-5H3,(H,22,27)(H,23,26)(H,24,25). The minimum absolute atomic E-state index is 0.201. The summed E-state index contributed by atoms with van der Waals surface area (Å²) in [5, 5.41) is 8.79. The number of carbonyl (C=O) groups excluding carboxylic acids is 3. The van der Waals surface area contributed by atoms with Crippen molar-refractivity contribution in [2.45, 2.75) is 51.7 Å². The first-order valence-electron chi connectivity index (χ1n) is 8.82. The Morgan fingerprint density at radius 3 is 2.29 bits per heavy atom. The fraction of sp³-hybridized carbons (Fsp3) is 0.526. The van der Waals surface area contributed by atoms with Crippen LogP contribution in [0.2, 0.25) is 10.0 Å². The highest BCUT2D eigenvalue weighted by Gasteiger charge is 2.26. The zero-order valence-electron chi connectivity index (χ0n) is 16.7. The minimum atomic E-state index is -0.795. The second-order valence-corrected chi connectivity index (χ2v) is 9.23. The van der Waals surface area contributed by atoms with Crippen molar-refractivity contribution in [3.05, 3.63) is 33.8 Å². The number of hydrogen-bond donors (Lipinski definition) is 3. The van der Waals surface area contributed by atoms with E-state index in [1.54, 1.807) is 24.8 Å². The predicted molar refractivity (Wildman–Crippen MR) is 116 cm³/mol. The number of hydrogen-bond acceptors (Lipinski definition) is 4. The van der Waals surface area contributed by atoms with Gasteiger partial charge in [-0.1, -0.05) is 23.2 Å². The SMILES string of the molecule is CSCCC(NC(=O)c1ccc(Cl)cc1Cl)C(=O)NC(C)C(=O)NC(C)(C)C. The van der Waals surface area contributed by atoms with Crippen molar-refractivity contribution in [2.75, 3.05) is 12.0 Å². The van der Waals surface area contributed by atoms with Gasteiger partial charge in [0, 0.05) is 10.6 Å². The van der Waals surface area contributed by atoms with Crippen molar-refractivity contribution < 1.29 is 14.4 Å². The van der Waals surface area contributed by atoms with Gasteiger partial charge >= 0.3 is 0 Å². The predicted octanol–water partition coefficient (Wildman–Crippen LogP) is 3.26. The molecule has 3 amide bonds. The van der Waals surface area contributed by atoms with E-state index >= 15 is 0 Å². The van der Waals surface area contributed by atoms with Gasteiger partial charge in [0.25, 0.3) is 5.91 Å². The summed E-state index contributed by atoms with van der Waals surface area (Å²) >= 11 is 13.5. The Balaban J connectivity index is 2.84. The summed E-state index contributed by atoms with van der Waals surface area (Å²) in [6.07, 6.45) is 2.32. The van der Waals surface area contributed by atoms with E-state index in [1.807, 2.05) is 27.0 Å². The number of benzene rings is 1. The summed E-state index contributed by atoms with van der Waals surface area (Å²) in [5.41, 5.74) is -0.181. The van der Waals surface area contributed by atoms with E-state index in [0.29, 0.717) is 17.2 Å². The van der Waals surface area contributed by atoms with Crippen LogP contribution in [0.25, 0.3) is 0 Å². The third-order valence-corrected chi connectivity index (χ3v) is 4.85. The first-order valence-corrected chi connectivity index (χ1v) is 11.0. The Hall–Kier alpha value is -1.44. The maximum Gasteiger partial charge on any atom is 0.253 e. The number of thioether (sulfide) groups is 1. The summed E-state index contributed by atoms with van der Waals surface area (Å²) in [6, 6.07) is 2.99. The summed E-state index contributed by atoms with van der Waals surface area (Å²) in [7, 11) is 0. The van der Waals surface area contributed by atoms with Crippen LogP contribution >= 0.6 is 35.0 Å². The van der Waals surface area contributed by atoms with E-state index < -0.39 is 29.4 Å². The smallest absolute Gasteiger partial charge is 0.253 e. The second kappa shape index (κ2) is 10.9. The number of rotatable bonds is 8. The molecule has 1 aromatic rings. The average molecular weight is 448 g/mol. The van der Waals surface area contributed by atoms with Crippen molar-refractivity contribution >= 4 is 52.7 Å². The quantitative estimate of drug-likeness (QED) is 0.570. The molecule has 1 rings (SSSR count). The first-order chi connectivity index (χ1) is 12.9. The molecule has 3 N–H and O–H groups in total. The van der Waals surface area contributed by atoms with Crippen LogP contribution < -0.4 is 16.0 Å². The van der Waals surface area contributed by atoms with Crippen LogP contribution in [0.4, 0.5) is 0 Å². The normalized spacial score (nSPS) is 13.4. The summed E-state index contributed by atoms with van der Waals surface area (Å²) in [4.78, 5) is 37.4. The zero-order chi connectivity index (χ0) is 21.5. The van der Waals surface area contributed by atoms with E-state index in [0.717, 1.165) is 0 Å². The van der Waals surface area contributed by atoms with Gasteiger partial charge in [-0.3, -0.25) is 14.4 Å². The Kier molecular flexibility index (Phi) is 9.60. The molecule has 6 nitrogen and oxygen atoms in total. The van der Waals surface area contributed by atoms with Crippen LogP contribution in [0.1, 0.15) is 44.5 Å². The lowest BCUT2D eigenvalue weighted by Crippen LogP contribution is -2.55. The fourth-order valence-corrected chi connectivity index (χ4v) is 3.24. The van der Waals surface area contributed by atoms with Gasteiger partial charge in [0.2, 0.25) is 11.8 Å².